The summed E-state index contributed by atoms with van der Waals surface area (Å²) in [6.07, 6.45) is 1.61. The van der Waals surface area contributed by atoms with Crippen LogP contribution in [-0.2, 0) is 0 Å². The van der Waals surface area contributed by atoms with Gasteiger partial charge < -0.3 is 10.4 Å². The Morgan fingerprint density at radius 1 is 1.56 bits per heavy atom. The van der Waals surface area contributed by atoms with Gasteiger partial charge in [-0.3, -0.25) is 0 Å². The molecule has 1 rings (SSSR count). The van der Waals surface area contributed by atoms with Crippen LogP contribution in [0, 0.1) is 18.3 Å². The summed E-state index contributed by atoms with van der Waals surface area (Å²) in [5.74, 6) is 0.632. The third-order valence-corrected chi connectivity index (χ3v) is 2.33. The lowest BCUT2D eigenvalue weighted by atomic mass is 10.1. The van der Waals surface area contributed by atoms with Crippen molar-refractivity contribution in [2.45, 2.75) is 32.7 Å². The molecule has 4 heteroatoms. The molecule has 4 nitrogen and oxygen atoms in total. The predicted octanol–water partition coefficient (Wildman–Crippen LogP) is 1.83. The van der Waals surface area contributed by atoms with Gasteiger partial charge in [-0.15, -0.1) is 0 Å². The Balaban J connectivity index is 2.72. The average Bonchev–Trinajstić information content (AvgIpc) is 2.27. The number of nitriles is 1. The van der Waals surface area contributed by atoms with Crippen LogP contribution in [0.1, 0.15) is 31.0 Å². The number of pyridine rings is 1. The van der Waals surface area contributed by atoms with Crippen LogP contribution in [0.4, 0.5) is 5.82 Å². The monoisotopic (exact) mass is 219 g/mol. The molecule has 0 aliphatic carbocycles. The van der Waals surface area contributed by atoms with Gasteiger partial charge in [-0.2, -0.15) is 5.26 Å². The predicted molar refractivity (Wildman–Crippen MR) is 63.1 cm³/mol. The first-order chi connectivity index (χ1) is 7.67. The van der Waals surface area contributed by atoms with Gasteiger partial charge in [0.2, 0.25) is 0 Å². The number of nitrogens with zero attached hydrogens (tertiary/aromatic N) is 2. The summed E-state index contributed by atoms with van der Waals surface area (Å²) in [7, 11) is 0. The van der Waals surface area contributed by atoms with Crippen molar-refractivity contribution in [1.82, 2.24) is 4.98 Å². The highest BCUT2D eigenvalue weighted by molar-refractivity contribution is 5.52. The van der Waals surface area contributed by atoms with Crippen molar-refractivity contribution < 1.29 is 5.11 Å². The zero-order chi connectivity index (χ0) is 12.0. The van der Waals surface area contributed by atoms with Crippen LogP contribution in [0.5, 0.6) is 0 Å². The normalized spacial score (nSPS) is 11.9. The number of hydrogen-bond donors (Lipinski definition) is 2. The summed E-state index contributed by atoms with van der Waals surface area (Å²) >= 11 is 0. The van der Waals surface area contributed by atoms with Gasteiger partial charge in [0.05, 0.1) is 5.56 Å². The van der Waals surface area contributed by atoms with E-state index < -0.39 is 0 Å². The average molecular weight is 219 g/mol. The smallest absolute Gasteiger partial charge is 0.144 e. The summed E-state index contributed by atoms with van der Waals surface area (Å²) < 4.78 is 0. The van der Waals surface area contributed by atoms with Crippen molar-refractivity contribution in [1.29, 1.82) is 5.26 Å². The highest BCUT2D eigenvalue weighted by Crippen LogP contribution is 2.14. The standard InChI is InChI=1S/C12H17N3O/c1-9(4-3-7-16)14-12-11(8-13)6-5-10(2)15-12/h5-6,9,16H,3-4,7H2,1-2H3,(H,14,15). The van der Waals surface area contributed by atoms with Crippen LogP contribution in [0.3, 0.4) is 0 Å². The van der Waals surface area contributed by atoms with Crippen LogP contribution < -0.4 is 5.32 Å². The number of aliphatic hydroxyl groups is 1. The van der Waals surface area contributed by atoms with E-state index in [4.69, 9.17) is 10.4 Å². The van der Waals surface area contributed by atoms with Crippen LogP contribution >= 0.6 is 0 Å². The summed E-state index contributed by atoms with van der Waals surface area (Å²) in [6.45, 7) is 4.10. The molecule has 0 fully saturated rings. The molecule has 1 atom stereocenters. The van der Waals surface area contributed by atoms with Crippen molar-refractivity contribution in [3.8, 4) is 6.07 Å². The molecule has 0 spiro atoms. The third kappa shape index (κ3) is 3.52. The van der Waals surface area contributed by atoms with Gasteiger partial charge in [-0.1, -0.05) is 0 Å². The molecule has 0 saturated heterocycles. The first-order valence-electron chi connectivity index (χ1n) is 5.42. The number of aryl methyl sites for hydroxylation is 1. The molecule has 1 aromatic rings. The van der Waals surface area contributed by atoms with Gasteiger partial charge in [0.25, 0.3) is 0 Å². The van der Waals surface area contributed by atoms with Gasteiger partial charge in [-0.25, -0.2) is 4.98 Å². The van der Waals surface area contributed by atoms with E-state index in [1.54, 1.807) is 6.07 Å². The second-order valence-corrected chi connectivity index (χ2v) is 3.87. The van der Waals surface area contributed by atoms with Gasteiger partial charge in [0, 0.05) is 18.3 Å². The van der Waals surface area contributed by atoms with E-state index >= 15 is 0 Å². The Morgan fingerprint density at radius 2 is 2.31 bits per heavy atom. The second-order valence-electron chi connectivity index (χ2n) is 3.87. The molecule has 16 heavy (non-hydrogen) atoms. The van der Waals surface area contributed by atoms with Crippen molar-refractivity contribution in [2.24, 2.45) is 0 Å². The molecular weight excluding hydrogens is 202 g/mol. The Hall–Kier alpha value is -1.60. The van der Waals surface area contributed by atoms with Gasteiger partial charge in [0.15, 0.2) is 0 Å². The zero-order valence-electron chi connectivity index (χ0n) is 9.70. The topological polar surface area (TPSA) is 68.9 Å². The number of nitrogens with one attached hydrogen (secondary N) is 1. The fraction of sp³-hybridized carbons (Fsp3) is 0.500. The molecule has 0 radical (unpaired) electrons. The van der Waals surface area contributed by atoms with E-state index in [1.807, 2.05) is 19.9 Å². The van der Waals surface area contributed by atoms with Crippen LogP contribution in [0.25, 0.3) is 0 Å². The molecule has 1 unspecified atom stereocenters. The summed E-state index contributed by atoms with van der Waals surface area (Å²) in [5, 5.41) is 20.9. The number of aliphatic hydroxyl groups excluding tert-OH is 1. The van der Waals surface area contributed by atoms with E-state index in [-0.39, 0.29) is 12.6 Å². The molecule has 1 heterocycles. The van der Waals surface area contributed by atoms with Gasteiger partial charge in [0.1, 0.15) is 11.9 Å². The summed E-state index contributed by atoms with van der Waals surface area (Å²) in [4.78, 5) is 4.30. The van der Waals surface area contributed by atoms with E-state index in [1.165, 1.54) is 0 Å². The molecule has 86 valence electrons. The maximum absolute atomic E-state index is 8.93. The minimum Gasteiger partial charge on any atom is -0.396 e. The van der Waals surface area contributed by atoms with Crippen LogP contribution in [0.2, 0.25) is 0 Å². The van der Waals surface area contributed by atoms with Crippen LogP contribution in [-0.4, -0.2) is 22.7 Å². The molecular formula is C12H17N3O. The van der Waals surface area contributed by atoms with Gasteiger partial charge >= 0.3 is 0 Å². The fourth-order valence-electron chi connectivity index (χ4n) is 1.46. The van der Waals surface area contributed by atoms with Crippen molar-refractivity contribution >= 4 is 5.82 Å². The Morgan fingerprint density at radius 3 is 2.94 bits per heavy atom. The highest BCUT2D eigenvalue weighted by atomic mass is 16.2. The van der Waals surface area contributed by atoms with E-state index in [0.717, 1.165) is 18.5 Å². The quantitative estimate of drug-likeness (QED) is 0.792. The van der Waals surface area contributed by atoms with Gasteiger partial charge in [-0.05, 0) is 38.8 Å². The molecule has 0 amide bonds. The Kier molecular flexibility index (Phi) is 4.74. The maximum Gasteiger partial charge on any atom is 0.144 e. The van der Waals surface area contributed by atoms with E-state index in [2.05, 4.69) is 16.4 Å². The Bertz CT molecular complexity index is 384. The molecule has 2 N–H and O–H groups in total. The minimum absolute atomic E-state index is 0.193. The summed E-state index contributed by atoms with van der Waals surface area (Å²) in [6, 6.07) is 5.90. The van der Waals surface area contributed by atoms with Crippen molar-refractivity contribution in [3.05, 3.63) is 23.4 Å². The molecule has 0 aliphatic rings. The fourth-order valence-corrected chi connectivity index (χ4v) is 1.46. The lowest BCUT2D eigenvalue weighted by Gasteiger charge is -2.15. The molecule has 0 bridgehead atoms. The lowest BCUT2D eigenvalue weighted by Crippen LogP contribution is -2.17. The number of aromatic nitrogens is 1. The molecule has 0 aromatic carbocycles. The maximum atomic E-state index is 8.93. The first kappa shape index (κ1) is 12.5. The van der Waals surface area contributed by atoms with E-state index in [9.17, 15) is 0 Å². The Labute approximate surface area is 95.9 Å². The van der Waals surface area contributed by atoms with Crippen molar-refractivity contribution in [2.75, 3.05) is 11.9 Å². The van der Waals surface area contributed by atoms with E-state index in [0.29, 0.717) is 11.4 Å². The molecule has 0 aliphatic heterocycles. The second kappa shape index (κ2) is 6.09. The van der Waals surface area contributed by atoms with Crippen LogP contribution in [0.15, 0.2) is 12.1 Å². The molecule has 0 saturated carbocycles. The number of rotatable bonds is 5. The SMILES string of the molecule is Cc1ccc(C#N)c(NC(C)CCCO)n1. The zero-order valence-corrected chi connectivity index (χ0v) is 9.70. The first-order valence-corrected chi connectivity index (χ1v) is 5.42. The minimum atomic E-state index is 0.193. The largest absolute Gasteiger partial charge is 0.396 e. The highest BCUT2D eigenvalue weighted by Gasteiger charge is 2.07. The third-order valence-electron chi connectivity index (χ3n) is 2.33. The van der Waals surface area contributed by atoms with Crippen molar-refractivity contribution in [3.63, 3.8) is 0 Å². The number of hydrogen-bond acceptors (Lipinski definition) is 4. The molecule has 1 aromatic heterocycles. The summed E-state index contributed by atoms with van der Waals surface area (Å²) in [5.41, 5.74) is 1.44. The number of anilines is 1. The lowest BCUT2D eigenvalue weighted by molar-refractivity contribution is 0.282.